The third-order valence-electron chi connectivity index (χ3n) is 3.70. The number of halogens is 1. The highest BCUT2D eigenvalue weighted by molar-refractivity contribution is 7.99. The van der Waals surface area contributed by atoms with Gasteiger partial charge in [-0.1, -0.05) is 17.7 Å². The van der Waals surface area contributed by atoms with E-state index in [4.69, 9.17) is 16.3 Å². The normalized spacial score (nSPS) is 17.2. The van der Waals surface area contributed by atoms with E-state index >= 15 is 0 Å². The van der Waals surface area contributed by atoms with Gasteiger partial charge in [-0.25, -0.2) is 0 Å². The van der Waals surface area contributed by atoms with Crippen LogP contribution in [0.3, 0.4) is 0 Å². The Morgan fingerprint density at radius 2 is 2.10 bits per heavy atom. The summed E-state index contributed by atoms with van der Waals surface area (Å²) in [6.45, 7) is 2.07. The summed E-state index contributed by atoms with van der Waals surface area (Å²) < 4.78 is 5.49. The first-order valence-electron chi connectivity index (χ1n) is 7.01. The van der Waals surface area contributed by atoms with E-state index in [9.17, 15) is 0 Å². The second-order valence-electron chi connectivity index (χ2n) is 5.22. The first-order chi connectivity index (χ1) is 10.2. The summed E-state index contributed by atoms with van der Waals surface area (Å²) in [6, 6.07) is 12.7. The molecule has 21 heavy (non-hydrogen) atoms. The predicted octanol–water partition coefficient (Wildman–Crippen LogP) is 5.31. The average molecular weight is 320 g/mol. The minimum absolute atomic E-state index is 0.275. The maximum atomic E-state index is 6.16. The van der Waals surface area contributed by atoms with Crippen LogP contribution in [0.1, 0.15) is 23.6 Å². The van der Waals surface area contributed by atoms with Gasteiger partial charge in [0.2, 0.25) is 0 Å². The first-order valence-corrected chi connectivity index (χ1v) is 8.37. The second kappa shape index (κ2) is 6.20. The smallest absolute Gasteiger partial charge is 0.142 e. The summed E-state index contributed by atoms with van der Waals surface area (Å²) in [5, 5.41) is 4.40. The van der Waals surface area contributed by atoms with E-state index in [-0.39, 0.29) is 6.04 Å². The molecule has 2 aromatic carbocycles. The zero-order valence-electron chi connectivity index (χ0n) is 12.2. The van der Waals surface area contributed by atoms with E-state index in [0.717, 1.165) is 28.6 Å². The molecule has 2 aromatic rings. The molecular formula is C17H18ClNOS. The highest BCUT2D eigenvalue weighted by atomic mass is 35.5. The third kappa shape index (κ3) is 3.14. The number of rotatable bonds is 3. The lowest BCUT2D eigenvalue weighted by atomic mass is 10.0. The van der Waals surface area contributed by atoms with Gasteiger partial charge in [-0.15, -0.1) is 11.8 Å². The average Bonchev–Trinajstić information content (AvgIpc) is 2.49. The molecule has 1 N–H and O–H groups in total. The number of ether oxygens (including phenoxy) is 1. The zero-order chi connectivity index (χ0) is 14.8. The highest BCUT2D eigenvalue weighted by Gasteiger charge is 2.21. The number of hydrogen-bond acceptors (Lipinski definition) is 3. The Morgan fingerprint density at radius 3 is 2.90 bits per heavy atom. The van der Waals surface area contributed by atoms with Crippen LogP contribution in [0.2, 0.25) is 5.02 Å². The van der Waals surface area contributed by atoms with Crippen LogP contribution in [0, 0.1) is 6.92 Å². The molecule has 0 aromatic heterocycles. The van der Waals surface area contributed by atoms with E-state index < -0.39 is 0 Å². The maximum Gasteiger partial charge on any atom is 0.142 e. The van der Waals surface area contributed by atoms with Gasteiger partial charge in [-0.3, -0.25) is 0 Å². The Balaban J connectivity index is 1.92. The predicted molar refractivity (Wildman–Crippen MR) is 90.9 cm³/mol. The molecule has 0 saturated heterocycles. The number of benzene rings is 2. The van der Waals surface area contributed by atoms with Gasteiger partial charge in [0, 0.05) is 15.7 Å². The van der Waals surface area contributed by atoms with Gasteiger partial charge >= 0.3 is 0 Å². The van der Waals surface area contributed by atoms with Crippen LogP contribution >= 0.6 is 23.4 Å². The SMILES string of the molecule is COc1cc(C)ccc1NC1CCSc2ccc(Cl)cc21. The Bertz CT molecular complexity index is 659. The van der Waals surface area contributed by atoms with Gasteiger partial charge < -0.3 is 10.1 Å². The Morgan fingerprint density at radius 1 is 1.24 bits per heavy atom. The fraction of sp³-hybridized carbons (Fsp3) is 0.294. The van der Waals surface area contributed by atoms with Gasteiger partial charge in [-0.2, -0.15) is 0 Å². The van der Waals surface area contributed by atoms with Crippen molar-refractivity contribution < 1.29 is 4.74 Å². The molecule has 0 amide bonds. The molecule has 1 unspecified atom stereocenters. The number of methoxy groups -OCH3 is 1. The number of anilines is 1. The van der Waals surface area contributed by atoms with Gasteiger partial charge in [-0.05, 0) is 54.8 Å². The number of fused-ring (bicyclic) bond motifs is 1. The van der Waals surface area contributed by atoms with Gasteiger partial charge in [0.05, 0.1) is 18.8 Å². The summed E-state index contributed by atoms with van der Waals surface area (Å²) in [4.78, 5) is 1.31. The van der Waals surface area contributed by atoms with Crippen molar-refractivity contribution >= 4 is 29.1 Å². The minimum Gasteiger partial charge on any atom is -0.495 e. The molecule has 0 aliphatic carbocycles. The summed E-state index contributed by atoms with van der Waals surface area (Å²) in [7, 11) is 1.71. The molecule has 4 heteroatoms. The Kier molecular flexibility index (Phi) is 4.32. The fourth-order valence-corrected chi connectivity index (χ4v) is 3.91. The van der Waals surface area contributed by atoms with E-state index in [1.807, 2.05) is 17.8 Å². The quantitative estimate of drug-likeness (QED) is 0.828. The van der Waals surface area contributed by atoms with E-state index in [2.05, 4.69) is 42.6 Å². The molecule has 1 atom stereocenters. The summed E-state index contributed by atoms with van der Waals surface area (Å²) in [5.41, 5.74) is 3.51. The Hall–Kier alpha value is -1.32. The van der Waals surface area contributed by atoms with E-state index in [1.165, 1.54) is 16.0 Å². The van der Waals surface area contributed by atoms with Gasteiger partial charge in [0.25, 0.3) is 0 Å². The van der Waals surface area contributed by atoms with Crippen molar-refractivity contribution in [2.75, 3.05) is 18.2 Å². The van der Waals surface area contributed by atoms with Crippen molar-refractivity contribution in [3.05, 3.63) is 52.5 Å². The third-order valence-corrected chi connectivity index (χ3v) is 5.06. The highest BCUT2D eigenvalue weighted by Crippen LogP contribution is 2.40. The number of hydrogen-bond donors (Lipinski definition) is 1. The van der Waals surface area contributed by atoms with Crippen LogP contribution in [0.25, 0.3) is 0 Å². The fourth-order valence-electron chi connectivity index (χ4n) is 2.62. The molecule has 0 spiro atoms. The van der Waals surface area contributed by atoms with Crippen molar-refractivity contribution in [2.45, 2.75) is 24.3 Å². The first kappa shape index (κ1) is 14.6. The number of nitrogens with one attached hydrogen (secondary N) is 1. The standard InChI is InChI=1S/C17H18ClNOS/c1-11-3-5-15(16(9-11)20-2)19-14-7-8-21-17-6-4-12(18)10-13(14)17/h3-6,9-10,14,19H,7-8H2,1-2H3. The van der Waals surface area contributed by atoms with Gasteiger partial charge in [0.1, 0.15) is 5.75 Å². The molecule has 0 bridgehead atoms. The lowest BCUT2D eigenvalue weighted by Gasteiger charge is -2.27. The molecule has 1 heterocycles. The van der Waals surface area contributed by atoms with E-state index in [1.54, 1.807) is 7.11 Å². The van der Waals surface area contributed by atoms with Crippen LogP contribution in [-0.2, 0) is 0 Å². The molecule has 1 aliphatic rings. The number of aryl methyl sites for hydroxylation is 1. The van der Waals surface area contributed by atoms with Crippen LogP contribution in [-0.4, -0.2) is 12.9 Å². The maximum absolute atomic E-state index is 6.16. The summed E-state index contributed by atoms with van der Waals surface area (Å²) in [5.74, 6) is 2.00. The van der Waals surface area contributed by atoms with Crippen molar-refractivity contribution in [2.24, 2.45) is 0 Å². The molecule has 110 valence electrons. The second-order valence-corrected chi connectivity index (χ2v) is 6.79. The summed E-state index contributed by atoms with van der Waals surface area (Å²) in [6.07, 6.45) is 1.08. The van der Waals surface area contributed by atoms with Crippen molar-refractivity contribution in [3.63, 3.8) is 0 Å². The number of thioether (sulfide) groups is 1. The molecule has 0 saturated carbocycles. The van der Waals surface area contributed by atoms with Crippen LogP contribution < -0.4 is 10.1 Å². The molecule has 0 fully saturated rings. The lowest BCUT2D eigenvalue weighted by molar-refractivity contribution is 0.415. The van der Waals surface area contributed by atoms with Crippen LogP contribution in [0.4, 0.5) is 5.69 Å². The monoisotopic (exact) mass is 319 g/mol. The van der Waals surface area contributed by atoms with Crippen molar-refractivity contribution in [1.29, 1.82) is 0 Å². The lowest BCUT2D eigenvalue weighted by Crippen LogP contribution is -2.16. The van der Waals surface area contributed by atoms with Gasteiger partial charge in [0.15, 0.2) is 0 Å². The Labute approximate surface area is 134 Å². The molecule has 3 rings (SSSR count). The minimum atomic E-state index is 0.275. The van der Waals surface area contributed by atoms with Crippen LogP contribution in [0.5, 0.6) is 5.75 Å². The molecule has 2 nitrogen and oxygen atoms in total. The largest absolute Gasteiger partial charge is 0.495 e. The molecule has 1 aliphatic heterocycles. The molecular weight excluding hydrogens is 302 g/mol. The van der Waals surface area contributed by atoms with Crippen molar-refractivity contribution in [3.8, 4) is 5.75 Å². The summed E-state index contributed by atoms with van der Waals surface area (Å²) >= 11 is 8.06. The zero-order valence-corrected chi connectivity index (χ0v) is 13.7. The topological polar surface area (TPSA) is 21.3 Å². The van der Waals surface area contributed by atoms with Crippen LogP contribution in [0.15, 0.2) is 41.3 Å². The van der Waals surface area contributed by atoms with Crippen molar-refractivity contribution in [1.82, 2.24) is 0 Å². The molecule has 0 radical (unpaired) electrons. The van der Waals surface area contributed by atoms with E-state index in [0.29, 0.717) is 0 Å².